The van der Waals surface area contributed by atoms with Gasteiger partial charge in [0.05, 0.1) is 17.3 Å². The number of hydrogen-bond donors (Lipinski definition) is 1. The number of carbonyl (C=O) groups is 3. The second-order valence-electron chi connectivity index (χ2n) is 11.3. The minimum absolute atomic E-state index is 0.0285. The fraction of sp³-hybridized carbons (Fsp3) is 0.229. The Morgan fingerprint density at radius 3 is 2.19 bits per heavy atom. The molecule has 1 N–H and O–H groups in total. The van der Waals surface area contributed by atoms with E-state index < -0.39 is 0 Å². The number of carbonyl (C=O) groups excluding carboxylic acids is 3. The zero-order valence-electron chi connectivity index (χ0n) is 24.1. The van der Waals surface area contributed by atoms with Gasteiger partial charge in [0.2, 0.25) is 0 Å². The average Bonchev–Trinajstić information content (AvgIpc) is 3.40. The van der Waals surface area contributed by atoms with Crippen LogP contribution in [0.15, 0.2) is 97.1 Å². The van der Waals surface area contributed by atoms with Crippen molar-refractivity contribution in [3.8, 4) is 11.1 Å². The average molecular weight is 559 g/mol. The van der Waals surface area contributed by atoms with Gasteiger partial charge in [-0.3, -0.25) is 14.4 Å². The molecule has 7 nitrogen and oxygen atoms in total. The lowest BCUT2D eigenvalue weighted by Crippen LogP contribution is -2.42. The van der Waals surface area contributed by atoms with Crippen molar-refractivity contribution < 1.29 is 14.4 Å². The number of benzene rings is 4. The van der Waals surface area contributed by atoms with E-state index in [2.05, 4.69) is 10.2 Å². The molecule has 1 saturated heterocycles. The van der Waals surface area contributed by atoms with Crippen LogP contribution in [-0.4, -0.2) is 66.8 Å². The summed E-state index contributed by atoms with van der Waals surface area (Å²) in [6.45, 7) is 3.11. The summed E-state index contributed by atoms with van der Waals surface area (Å²) in [6.07, 6.45) is 0.811. The molecule has 4 aromatic rings. The Kier molecular flexibility index (Phi) is 7.35. The van der Waals surface area contributed by atoms with Gasteiger partial charge in [0.1, 0.15) is 0 Å². The Balaban J connectivity index is 1.23. The minimum Gasteiger partial charge on any atom is -0.332 e. The van der Waals surface area contributed by atoms with E-state index in [0.717, 1.165) is 23.1 Å². The first-order valence-electron chi connectivity index (χ1n) is 14.3. The summed E-state index contributed by atoms with van der Waals surface area (Å²) >= 11 is 0. The summed E-state index contributed by atoms with van der Waals surface area (Å²) in [5.41, 5.74) is 5.82. The number of para-hydroxylation sites is 1. The molecule has 42 heavy (non-hydrogen) atoms. The number of hydrogen-bond acceptors (Lipinski definition) is 4. The maximum atomic E-state index is 13.9. The molecule has 0 unspecified atom stereocenters. The summed E-state index contributed by atoms with van der Waals surface area (Å²) in [6, 6.07) is 30.1. The summed E-state index contributed by atoms with van der Waals surface area (Å²) in [5.74, 6) is -0.422. The van der Waals surface area contributed by atoms with E-state index in [0.29, 0.717) is 41.2 Å². The molecule has 2 aliphatic rings. The minimum atomic E-state index is -0.220. The van der Waals surface area contributed by atoms with Crippen molar-refractivity contribution in [2.75, 3.05) is 37.4 Å². The Morgan fingerprint density at radius 1 is 0.810 bits per heavy atom. The number of aryl methyl sites for hydroxylation is 1. The second kappa shape index (κ2) is 11.3. The number of fused-ring (bicyclic) bond motifs is 2. The summed E-state index contributed by atoms with van der Waals surface area (Å²) in [7, 11) is 4.06. The van der Waals surface area contributed by atoms with Crippen LogP contribution in [0.2, 0.25) is 0 Å². The maximum absolute atomic E-state index is 13.9. The van der Waals surface area contributed by atoms with Gasteiger partial charge in [0.15, 0.2) is 0 Å². The zero-order chi connectivity index (χ0) is 29.4. The molecule has 1 fully saturated rings. The highest BCUT2D eigenvalue weighted by atomic mass is 16.2. The molecule has 0 bridgehead atoms. The summed E-state index contributed by atoms with van der Waals surface area (Å²) in [5, 5.41) is 2.98. The largest absolute Gasteiger partial charge is 0.332 e. The molecular weight excluding hydrogens is 524 g/mol. The topological polar surface area (TPSA) is 73.0 Å². The van der Waals surface area contributed by atoms with E-state index >= 15 is 0 Å². The van der Waals surface area contributed by atoms with Crippen molar-refractivity contribution in [3.63, 3.8) is 0 Å². The van der Waals surface area contributed by atoms with Crippen molar-refractivity contribution in [1.29, 1.82) is 0 Å². The van der Waals surface area contributed by atoms with E-state index in [4.69, 9.17) is 0 Å². The molecule has 6 rings (SSSR count). The van der Waals surface area contributed by atoms with E-state index in [-0.39, 0.29) is 29.8 Å². The molecule has 3 amide bonds. The Bertz CT molecular complexity index is 1650. The molecule has 0 aliphatic carbocycles. The molecule has 0 spiro atoms. The van der Waals surface area contributed by atoms with Crippen molar-refractivity contribution in [2.45, 2.75) is 25.4 Å². The van der Waals surface area contributed by atoms with Gasteiger partial charge >= 0.3 is 0 Å². The first kappa shape index (κ1) is 27.4. The molecule has 2 aliphatic heterocycles. The van der Waals surface area contributed by atoms with Gasteiger partial charge < -0.3 is 20.0 Å². The highest BCUT2D eigenvalue weighted by molar-refractivity contribution is 6.12. The molecule has 0 aromatic heterocycles. The Morgan fingerprint density at radius 2 is 1.48 bits per heavy atom. The fourth-order valence-electron chi connectivity index (χ4n) is 5.95. The maximum Gasteiger partial charge on any atom is 0.258 e. The van der Waals surface area contributed by atoms with Crippen LogP contribution in [0, 0.1) is 6.92 Å². The number of rotatable bonds is 5. The zero-order valence-corrected chi connectivity index (χ0v) is 24.1. The molecule has 4 aromatic carbocycles. The number of nitrogens with zero attached hydrogens (tertiary/aromatic N) is 3. The van der Waals surface area contributed by atoms with Gasteiger partial charge in [0.25, 0.3) is 17.7 Å². The third-order valence-corrected chi connectivity index (χ3v) is 8.37. The second-order valence-corrected chi connectivity index (χ2v) is 11.3. The van der Waals surface area contributed by atoms with E-state index in [1.54, 1.807) is 35.2 Å². The normalized spacial score (nSPS) is 18.0. The van der Waals surface area contributed by atoms with Crippen LogP contribution < -0.4 is 10.2 Å². The number of anilines is 2. The van der Waals surface area contributed by atoms with Gasteiger partial charge in [-0.15, -0.1) is 0 Å². The summed E-state index contributed by atoms with van der Waals surface area (Å²) < 4.78 is 0. The van der Waals surface area contributed by atoms with E-state index in [1.165, 1.54) is 0 Å². The van der Waals surface area contributed by atoms with Crippen LogP contribution in [0.4, 0.5) is 11.4 Å². The van der Waals surface area contributed by atoms with Crippen LogP contribution in [0.5, 0.6) is 0 Å². The molecule has 0 saturated carbocycles. The van der Waals surface area contributed by atoms with Gasteiger partial charge in [-0.05, 0) is 81.0 Å². The van der Waals surface area contributed by atoms with E-state index in [9.17, 15) is 14.4 Å². The van der Waals surface area contributed by atoms with Crippen LogP contribution in [0.25, 0.3) is 11.1 Å². The van der Waals surface area contributed by atoms with Crippen molar-refractivity contribution in [3.05, 3.63) is 119 Å². The predicted molar refractivity (Wildman–Crippen MR) is 166 cm³/mol. The predicted octanol–water partition coefficient (Wildman–Crippen LogP) is 5.72. The lowest BCUT2D eigenvalue weighted by molar-refractivity contribution is 0.0737. The van der Waals surface area contributed by atoms with Gasteiger partial charge in [0, 0.05) is 35.9 Å². The van der Waals surface area contributed by atoms with E-state index in [1.807, 2.05) is 92.6 Å². The smallest absolute Gasteiger partial charge is 0.258 e. The first-order valence-corrected chi connectivity index (χ1v) is 14.3. The lowest BCUT2D eigenvalue weighted by Gasteiger charge is -2.26. The lowest BCUT2D eigenvalue weighted by atomic mass is 9.98. The number of nitrogens with one attached hydrogen (secondary N) is 1. The summed E-state index contributed by atoms with van der Waals surface area (Å²) in [4.78, 5) is 46.5. The fourth-order valence-corrected chi connectivity index (χ4v) is 5.95. The van der Waals surface area contributed by atoms with Crippen LogP contribution in [-0.2, 0) is 0 Å². The first-order chi connectivity index (χ1) is 20.3. The molecular formula is C35H34N4O3. The molecule has 2 atom stereocenters. The Labute approximate surface area is 246 Å². The van der Waals surface area contributed by atoms with Gasteiger partial charge in [-0.25, -0.2) is 0 Å². The molecule has 2 heterocycles. The van der Waals surface area contributed by atoms with Gasteiger partial charge in [-0.1, -0.05) is 60.2 Å². The monoisotopic (exact) mass is 558 g/mol. The van der Waals surface area contributed by atoms with Crippen LogP contribution in [0.1, 0.15) is 43.1 Å². The third-order valence-electron chi connectivity index (χ3n) is 8.37. The molecule has 0 radical (unpaired) electrons. The highest BCUT2D eigenvalue weighted by Gasteiger charge is 2.42. The van der Waals surface area contributed by atoms with Crippen LogP contribution >= 0.6 is 0 Å². The quantitative estimate of drug-likeness (QED) is 0.340. The highest BCUT2D eigenvalue weighted by Crippen LogP contribution is 2.34. The number of amides is 3. The Hall–Kier alpha value is -4.75. The third kappa shape index (κ3) is 5.19. The SMILES string of the molecule is Cc1ccc(-c2ccccc2C(=O)Nc2ccc(C(=O)N3C[C@@H]4C[C@@H](N(C)C)CN4C(=O)c4ccccc43)cc2)cc1. The molecule has 7 heteroatoms. The molecule has 212 valence electrons. The number of likely N-dealkylation sites (N-methyl/N-ethyl adjacent to an activating group) is 1. The standard InChI is InChI=1S/C35H34N4O3/c1-23-12-14-24(15-13-23)29-8-4-5-9-30(29)33(40)36-26-18-16-25(17-19-26)34(41)39-22-28-20-27(37(2)3)21-38(28)35(42)31-10-6-7-11-32(31)39/h4-19,27-28H,20-22H2,1-3H3,(H,36,40)/t27-,28+/m1/s1. The van der Waals surface area contributed by atoms with Gasteiger partial charge in [-0.2, -0.15) is 0 Å². The van der Waals surface area contributed by atoms with Crippen LogP contribution in [0.3, 0.4) is 0 Å². The van der Waals surface area contributed by atoms with Crippen molar-refractivity contribution >= 4 is 29.1 Å². The van der Waals surface area contributed by atoms with Crippen molar-refractivity contribution in [2.24, 2.45) is 0 Å². The van der Waals surface area contributed by atoms with Crippen molar-refractivity contribution in [1.82, 2.24) is 9.80 Å².